The van der Waals surface area contributed by atoms with E-state index in [1.54, 1.807) is 0 Å². The fourth-order valence-electron chi connectivity index (χ4n) is 2.38. The lowest BCUT2D eigenvalue weighted by Crippen LogP contribution is -2.05. The Bertz CT molecular complexity index is 523. The Morgan fingerprint density at radius 3 is 2.39 bits per heavy atom. The van der Waals surface area contributed by atoms with E-state index in [1.165, 1.54) is 16.8 Å². The summed E-state index contributed by atoms with van der Waals surface area (Å²) in [6.45, 7) is 7.35. The van der Waals surface area contributed by atoms with Gasteiger partial charge in [0.25, 0.3) is 0 Å². The van der Waals surface area contributed by atoms with E-state index in [1.807, 2.05) is 12.1 Å². The van der Waals surface area contributed by atoms with Gasteiger partial charge in [-0.1, -0.05) is 19.1 Å². The van der Waals surface area contributed by atoms with Crippen molar-refractivity contribution in [3.8, 4) is 0 Å². The first kappa shape index (κ1) is 12.7. The zero-order valence-electron chi connectivity index (χ0n) is 11.4. The first-order valence-electron chi connectivity index (χ1n) is 6.49. The molecular weight excluding hydrogens is 222 g/mol. The molecule has 0 aliphatic carbocycles. The maximum absolute atomic E-state index is 5.68. The highest BCUT2D eigenvalue weighted by molar-refractivity contribution is 5.39. The van der Waals surface area contributed by atoms with Crippen LogP contribution in [-0.4, -0.2) is 9.78 Å². The summed E-state index contributed by atoms with van der Waals surface area (Å²) in [5.41, 5.74) is 11.6. The molecule has 0 bridgehead atoms. The number of nitrogen functional groups attached to an aromatic ring is 1. The Morgan fingerprint density at radius 1 is 1.17 bits per heavy atom. The molecule has 1 heterocycles. The van der Waals surface area contributed by atoms with Crippen molar-refractivity contribution in [3.05, 3.63) is 46.8 Å². The number of aromatic nitrogens is 2. The number of nitrogens with two attached hydrogens (primary N) is 1. The highest BCUT2D eigenvalue weighted by Crippen LogP contribution is 2.14. The molecule has 2 aromatic rings. The van der Waals surface area contributed by atoms with Crippen LogP contribution in [0.2, 0.25) is 0 Å². The molecule has 0 atom stereocenters. The average Bonchev–Trinajstić information content (AvgIpc) is 2.63. The van der Waals surface area contributed by atoms with Gasteiger partial charge in [0, 0.05) is 17.9 Å². The highest BCUT2D eigenvalue weighted by atomic mass is 15.3. The van der Waals surface area contributed by atoms with Gasteiger partial charge >= 0.3 is 0 Å². The lowest BCUT2D eigenvalue weighted by atomic mass is 10.1. The van der Waals surface area contributed by atoms with Crippen LogP contribution in [0.5, 0.6) is 0 Å². The van der Waals surface area contributed by atoms with E-state index in [2.05, 4.69) is 42.7 Å². The second-order valence-corrected chi connectivity index (χ2v) is 4.72. The Labute approximate surface area is 109 Å². The Kier molecular flexibility index (Phi) is 3.70. The summed E-state index contributed by atoms with van der Waals surface area (Å²) in [6.07, 6.45) is 2.05. The van der Waals surface area contributed by atoms with Crippen LogP contribution in [0.15, 0.2) is 24.3 Å². The molecule has 1 aromatic carbocycles. The monoisotopic (exact) mass is 243 g/mol. The SMILES string of the molecule is CCc1c(C)nn(CCc2ccc(N)cc2)c1C. The number of anilines is 1. The third-order valence-corrected chi connectivity index (χ3v) is 3.48. The van der Waals surface area contributed by atoms with Gasteiger partial charge in [-0.2, -0.15) is 5.10 Å². The summed E-state index contributed by atoms with van der Waals surface area (Å²) in [4.78, 5) is 0. The van der Waals surface area contributed by atoms with Gasteiger partial charge in [-0.05, 0) is 49.9 Å². The third kappa shape index (κ3) is 2.55. The van der Waals surface area contributed by atoms with Gasteiger partial charge in [0.05, 0.1) is 5.69 Å². The molecule has 0 saturated carbocycles. The van der Waals surface area contributed by atoms with Gasteiger partial charge in [-0.25, -0.2) is 0 Å². The number of benzene rings is 1. The van der Waals surface area contributed by atoms with Crippen LogP contribution in [0.25, 0.3) is 0 Å². The highest BCUT2D eigenvalue weighted by Gasteiger charge is 2.09. The van der Waals surface area contributed by atoms with E-state index in [-0.39, 0.29) is 0 Å². The molecule has 0 aliphatic heterocycles. The smallest absolute Gasteiger partial charge is 0.0628 e. The molecule has 1 aromatic heterocycles. The zero-order valence-corrected chi connectivity index (χ0v) is 11.4. The molecule has 0 saturated heterocycles. The van der Waals surface area contributed by atoms with Crippen molar-refractivity contribution < 1.29 is 0 Å². The molecule has 96 valence electrons. The summed E-state index contributed by atoms with van der Waals surface area (Å²) >= 11 is 0. The summed E-state index contributed by atoms with van der Waals surface area (Å²) in [7, 11) is 0. The number of hydrogen-bond donors (Lipinski definition) is 1. The fourth-order valence-corrected chi connectivity index (χ4v) is 2.38. The minimum Gasteiger partial charge on any atom is -0.399 e. The number of rotatable bonds is 4. The normalized spacial score (nSPS) is 10.8. The Balaban J connectivity index is 2.08. The largest absolute Gasteiger partial charge is 0.399 e. The van der Waals surface area contributed by atoms with Gasteiger partial charge in [0.2, 0.25) is 0 Å². The molecule has 0 fully saturated rings. The second-order valence-electron chi connectivity index (χ2n) is 4.72. The number of hydrogen-bond acceptors (Lipinski definition) is 2. The van der Waals surface area contributed by atoms with Gasteiger partial charge in [-0.15, -0.1) is 0 Å². The first-order valence-corrected chi connectivity index (χ1v) is 6.49. The topological polar surface area (TPSA) is 43.8 Å². The van der Waals surface area contributed by atoms with Crippen molar-refractivity contribution in [2.24, 2.45) is 0 Å². The zero-order chi connectivity index (χ0) is 13.1. The summed E-state index contributed by atoms with van der Waals surface area (Å²) < 4.78 is 2.12. The van der Waals surface area contributed by atoms with E-state index < -0.39 is 0 Å². The molecular formula is C15H21N3. The van der Waals surface area contributed by atoms with Gasteiger partial charge < -0.3 is 5.73 Å². The third-order valence-electron chi connectivity index (χ3n) is 3.48. The van der Waals surface area contributed by atoms with E-state index >= 15 is 0 Å². The summed E-state index contributed by atoms with van der Waals surface area (Å²) in [6, 6.07) is 8.07. The molecule has 2 rings (SSSR count). The molecule has 3 nitrogen and oxygen atoms in total. The van der Waals surface area contributed by atoms with Crippen molar-refractivity contribution in [1.82, 2.24) is 9.78 Å². The lowest BCUT2D eigenvalue weighted by molar-refractivity contribution is 0.593. The molecule has 0 spiro atoms. The van der Waals surface area contributed by atoms with E-state index in [0.717, 1.165) is 30.8 Å². The van der Waals surface area contributed by atoms with Crippen molar-refractivity contribution in [1.29, 1.82) is 0 Å². The van der Waals surface area contributed by atoms with E-state index in [9.17, 15) is 0 Å². The summed E-state index contributed by atoms with van der Waals surface area (Å²) in [5.74, 6) is 0. The molecule has 18 heavy (non-hydrogen) atoms. The van der Waals surface area contributed by atoms with Crippen LogP contribution in [0.4, 0.5) is 5.69 Å². The number of aryl methyl sites for hydroxylation is 3. The first-order chi connectivity index (χ1) is 8.61. The predicted octanol–water partition coefficient (Wildman–Crippen LogP) is 2.89. The molecule has 2 N–H and O–H groups in total. The van der Waals surface area contributed by atoms with E-state index in [4.69, 9.17) is 5.73 Å². The molecule has 3 heteroatoms. The van der Waals surface area contributed by atoms with Crippen molar-refractivity contribution in [2.45, 2.75) is 40.2 Å². The van der Waals surface area contributed by atoms with Crippen LogP contribution >= 0.6 is 0 Å². The molecule has 0 aliphatic rings. The lowest BCUT2D eigenvalue weighted by Gasteiger charge is -2.05. The fraction of sp³-hybridized carbons (Fsp3) is 0.400. The van der Waals surface area contributed by atoms with Crippen LogP contribution in [0, 0.1) is 13.8 Å². The second kappa shape index (κ2) is 5.25. The minimum absolute atomic E-state index is 0.818. The maximum Gasteiger partial charge on any atom is 0.0628 e. The standard InChI is InChI=1S/C15H21N3/c1-4-15-11(2)17-18(12(15)3)10-9-13-5-7-14(16)8-6-13/h5-8H,4,9-10,16H2,1-3H3. The van der Waals surface area contributed by atoms with Gasteiger partial charge in [0.15, 0.2) is 0 Å². The molecule has 0 amide bonds. The summed E-state index contributed by atoms with van der Waals surface area (Å²) in [5, 5.41) is 4.61. The Morgan fingerprint density at radius 2 is 1.83 bits per heavy atom. The van der Waals surface area contributed by atoms with Crippen LogP contribution in [0.3, 0.4) is 0 Å². The quantitative estimate of drug-likeness (QED) is 0.839. The van der Waals surface area contributed by atoms with Crippen molar-refractivity contribution in [3.63, 3.8) is 0 Å². The predicted molar refractivity (Wildman–Crippen MR) is 75.6 cm³/mol. The minimum atomic E-state index is 0.818. The van der Waals surface area contributed by atoms with Gasteiger partial charge in [0.1, 0.15) is 0 Å². The van der Waals surface area contributed by atoms with Crippen molar-refractivity contribution >= 4 is 5.69 Å². The average molecular weight is 243 g/mol. The molecule has 0 unspecified atom stereocenters. The molecule has 0 radical (unpaired) electrons. The van der Waals surface area contributed by atoms with E-state index in [0.29, 0.717) is 0 Å². The Hall–Kier alpha value is -1.77. The van der Waals surface area contributed by atoms with Crippen LogP contribution in [-0.2, 0) is 19.4 Å². The maximum atomic E-state index is 5.68. The van der Waals surface area contributed by atoms with Gasteiger partial charge in [-0.3, -0.25) is 4.68 Å². The number of nitrogens with zero attached hydrogens (tertiary/aromatic N) is 2. The van der Waals surface area contributed by atoms with Crippen molar-refractivity contribution in [2.75, 3.05) is 5.73 Å². The van der Waals surface area contributed by atoms with Crippen LogP contribution < -0.4 is 5.73 Å². The van der Waals surface area contributed by atoms with Crippen LogP contribution in [0.1, 0.15) is 29.4 Å².